The largest absolute Gasteiger partial charge is 0.452 e. The highest BCUT2D eigenvalue weighted by Crippen LogP contribution is 2.38. The van der Waals surface area contributed by atoms with Crippen LogP contribution in [0, 0.1) is 12.7 Å². The summed E-state index contributed by atoms with van der Waals surface area (Å²) in [5, 5.41) is -0.973. The maximum absolute atomic E-state index is 13.9. The van der Waals surface area contributed by atoms with Crippen molar-refractivity contribution in [1.82, 2.24) is 0 Å². The molecule has 0 saturated heterocycles. The van der Waals surface area contributed by atoms with Crippen LogP contribution in [0.25, 0.3) is 6.08 Å². The summed E-state index contributed by atoms with van der Waals surface area (Å²) in [7, 11) is 0. The Morgan fingerprint density at radius 3 is 2.53 bits per heavy atom. The molecule has 0 aliphatic carbocycles. The Hall–Kier alpha value is -3.44. The third-order valence-corrected chi connectivity index (χ3v) is 5.08. The summed E-state index contributed by atoms with van der Waals surface area (Å²) < 4.78 is 25.0. The molecule has 1 unspecified atom stereocenters. The zero-order valence-corrected chi connectivity index (χ0v) is 16.7. The molecule has 0 saturated carbocycles. The first-order valence-electron chi connectivity index (χ1n) is 9.18. The van der Waals surface area contributed by atoms with Crippen molar-refractivity contribution >= 4 is 29.4 Å². The lowest BCUT2D eigenvalue weighted by Crippen LogP contribution is -2.14. The first-order chi connectivity index (χ1) is 14.4. The summed E-state index contributed by atoms with van der Waals surface area (Å²) in [6.45, 7) is 1.71. The maximum Gasteiger partial charge on any atom is 0.334 e. The van der Waals surface area contributed by atoms with Crippen LogP contribution in [0.15, 0.2) is 72.5 Å². The normalized spacial score (nSPS) is 14.9. The molecule has 0 fully saturated rings. The number of hydrogen-bond acceptors (Lipinski definition) is 4. The molecular weight excluding hydrogens is 407 g/mol. The highest BCUT2D eigenvalue weighted by molar-refractivity contribution is 6.30. The Morgan fingerprint density at radius 2 is 1.80 bits per heavy atom. The standard InChI is InChI=1S/C24H16ClFO4/c1-14-11-17(29-24(28)22(25)15-7-3-2-4-8-15)13-19-21(14)23(27)20(30-19)12-16-9-5-6-10-18(16)26/h2-13,22H,1H3/b20-12-. The van der Waals surface area contributed by atoms with Gasteiger partial charge in [0.15, 0.2) is 11.1 Å². The molecule has 4 rings (SSSR count). The number of carbonyl (C=O) groups excluding carboxylic acids is 2. The molecule has 0 aromatic heterocycles. The van der Waals surface area contributed by atoms with Crippen molar-refractivity contribution in [2.24, 2.45) is 0 Å². The van der Waals surface area contributed by atoms with Gasteiger partial charge in [-0.05, 0) is 36.3 Å². The fourth-order valence-corrected chi connectivity index (χ4v) is 3.39. The van der Waals surface area contributed by atoms with Crippen LogP contribution in [0.1, 0.15) is 32.4 Å². The summed E-state index contributed by atoms with van der Waals surface area (Å²) >= 11 is 6.21. The Labute approximate surface area is 177 Å². The first kappa shape index (κ1) is 19.9. The van der Waals surface area contributed by atoms with E-state index in [0.717, 1.165) is 0 Å². The van der Waals surface area contributed by atoms with Crippen LogP contribution >= 0.6 is 11.6 Å². The van der Waals surface area contributed by atoms with E-state index in [2.05, 4.69) is 0 Å². The van der Waals surface area contributed by atoms with Crippen LogP contribution in [-0.2, 0) is 4.79 Å². The van der Waals surface area contributed by atoms with Crippen molar-refractivity contribution in [3.63, 3.8) is 0 Å². The molecule has 1 atom stereocenters. The number of benzene rings is 3. The van der Waals surface area contributed by atoms with Gasteiger partial charge < -0.3 is 9.47 Å². The minimum atomic E-state index is -0.973. The third-order valence-electron chi connectivity index (χ3n) is 4.65. The minimum Gasteiger partial charge on any atom is -0.452 e. The minimum absolute atomic E-state index is 0.00109. The molecule has 6 heteroatoms. The fourth-order valence-electron chi connectivity index (χ4n) is 3.20. The van der Waals surface area contributed by atoms with Gasteiger partial charge in [0.1, 0.15) is 17.3 Å². The van der Waals surface area contributed by atoms with Crippen molar-refractivity contribution in [1.29, 1.82) is 0 Å². The molecule has 3 aromatic rings. The van der Waals surface area contributed by atoms with Crippen LogP contribution in [0.3, 0.4) is 0 Å². The average Bonchev–Trinajstić information content (AvgIpc) is 3.05. The summed E-state index contributed by atoms with van der Waals surface area (Å²) in [4.78, 5) is 25.1. The molecule has 1 heterocycles. The second-order valence-electron chi connectivity index (χ2n) is 6.77. The first-order valence-corrected chi connectivity index (χ1v) is 9.62. The quantitative estimate of drug-likeness (QED) is 0.236. The summed E-state index contributed by atoms with van der Waals surface area (Å²) in [5.74, 6) is -1.01. The molecule has 30 heavy (non-hydrogen) atoms. The van der Waals surface area contributed by atoms with Gasteiger partial charge in [-0.3, -0.25) is 4.79 Å². The summed E-state index contributed by atoms with van der Waals surface area (Å²) in [6.07, 6.45) is 1.35. The molecule has 0 spiro atoms. The van der Waals surface area contributed by atoms with E-state index in [1.54, 1.807) is 55.5 Å². The number of halogens is 2. The Kier molecular flexibility index (Phi) is 5.38. The lowest BCUT2D eigenvalue weighted by Gasteiger charge is -2.11. The number of aryl methyl sites for hydroxylation is 1. The SMILES string of the molecule is Cc1cc(OC(=O)C(Cl)c2ccccc2)cc2c1C(=O)/C(=C/c1ccccc1F)O2. The molecule has 4 nitrogen and oxygen atoms in total. The number of Topliss-reactive ketones (excluding diaryl/α,β-unsaturated/α-hetero) is 1. The van der Waals surface area contributed by atoms with E-state index in [-0.39, 0.29) is 28.6 Å². The summed E-state index contributed by atoms with van der Waals surface area (Å²) in [6, 6.07) is 17.9. The monoisotopic (exact) mass is 422 g/mol. The van der Waals surface area contributed by atoms with E-state index in [9.17, 15) is 14.0 Å². The molecule has 3 aromatic carbocycles. The second kappa shape index (κ2) is 8.13. The number of allylic oxidation sites excluding steroid dienone is 1. The van der Waals surface area contributed by atoms with Gasteiger partial charge in [-0.1, -0.05) is 48.5 Å². The van der Waals surface area contributed by atoms with Crippen LogP contribution in [0.5, 0.6) is 11.5 Å². The van der Waals surface area contributed by atoms with Gasteiger partial charge in [0.25, 0.3) is 0 Å². The highest BCUT2D eigenvalue weighted by Gasteiger charge is 2.31. The maximum atomic E-state index is 13.9. The van der Waals surface area contributed by atoms with E-state index in [0.29, 0.717) is 16.7 Å². The van der Waals surface area contributed by atoms with Crippen LogP contribution in [0.2, 0.25) is 0 Å². The number of hydrogen-bond donors (Lipinski definition) is 0. The predicted octanol–water partition coefficient (Wildman–Crippen LogP) is 5.64. The predicted molar refractivity (Wildman–Crippen MR) is 111 cm³/mol. The van der Waals surface area contributed by atoms with Gasteiger partial charge in [0.05, 0.1) is 5.56 Å². The lowest BCUT2D eigenvalue weighted by molar-refractivity contribution is -0.134. The smallest absolute Gasteiger partial charge is 0.334 e. The molecular formula is C24H16ClFO4. The summed E-state index contributed by atoms with van der Waals surface area (Å²) in [5.41, 5.74) is 1.78. The fraction of sp³-hybridized carbons (Fsp3) is 0.0833. The number of carbonyl (C=O) groups is 2. The Bertz CT molecular complexity index is 1170. The van der Waals surface area contributed by atoms with E-state index >= 15 is 0 Å². The van der Waals surface area contributed by atoms with E-state index in [4.69, 9.17) is 21.1 Å². The zero-order valence-electron chi connectivity index (χ0n) is 15.9. The Balaban J connectivity index is 1.59. The van der Waals surface area contributed by atoms with Gasteiger partial charge in [-0.15, -0.1) is 11.6 Å². The molecule has 0 bridgehead atoms. The van der Waals surface area contributed by atoms with Crippen molar-refractivity contribution < 1.29 is 23.5 Å². The van der Waals surface area contributed by atoms with Crippen LogP contribution in [-0.4, -0.2) is 11.8 Å². The number of alkyl halides is 1. The third kappa shape index (κ3) is 3.84. The second-order valence-corrected chi connectivity index (χ2v) is 7.21. The topological polar surface area (TPSA) is 52.6 Å². The molecule has 0 amide bonds. The van der Waals surface area contributed by atoms with E-state index in [1.165, 1.54) is 18.2 Å². The van der Waals surface area contributed by atoms with Gasteiger partial charge in [-0.2, -0.15) is 0 Å². The molecule has 1 aliphatic heterocycles. The molecule has 0 N–H and O–H groups in total. The zero-order chi connectivity index (χ0) is 21.3. The van der Waals surface area contributed by atoms with E-state index in [1.807, 2.05) is 6.07 Å². The molecule has 1 aliphatic rings. The number of rotatable bonds is 4. The van der Waals surface area contributed by atoms with Crippen molar-refractivity contribution in [2.45, 2.75) is 12.3 Å². The highest BCUT2D eigenvalue weighted by atomic mass is 35.5. The van der Waals surface area contributed by atoms with Crippen LogP contribution < -0.4 is 9.47 Å². The lowest BCUT2D eigenvalue weighted by atomic mass is 10.0. The molecule has 0 radical (unpaired) electrons. The van der Waals surface area contributed by atoms with Gasteiger partial charge in [0, 0.05) is 11.6 Å². The Morgan fingerprint density at radius 1 is 1.10 bits per heavy atom. The number of fused-ring (bicyclic) bond motifs is 1. The number of esters is 1. The van der Waals surface area contributed by atoms with Gasteiger partial charge >= 0.3 is 5.97 Å². The van der Waals surface area contributed by atoms with Crippen molar-refractivity contribution in [3.05, 3.63) is 101 Å². The van der Waals surface area contributed by atoms with Crippen LogP contribution in [0.4, 0.5) is 4.39 Å². The van der Waals surface area contributed by atoms with Crippen molar-refractivity contribution in [2.75, 3.05) is 0 Å². The van der Waals surface area contributed by atoms with Crippen molar-refractivity contribution in [3.8, 4) is 11.5 Å². The average molecular weight is 423 g/mol. The number of ketones is 1. The van der Waals surface area contributed by atoms with Gasteiger partial charge in [0.2, 0.25) is 5.78 Å². The van der Waals surface area contributed by atoms with E-state index < -0.39 is 17.2 Å². The number of ether oxygens (including phenoxy) is 2. The van der Waals surface area contributed by atoms with Gasteiger partial charge in [-0.25, -0.2) is 9.18 Å². The molecule has 150 valence electrons.